The Hall–Kier alpha value is -1.40. The minimum absolute atomic E-state index is 0.0648. The average Bonchev–Trinajstić information content (AvgIpc) is 2.67. The molecule has 0 aliphatic carbocycles. The van der Waals surface area contributed by atoms with Crippen molar-refractivity contribution in [2.24, 2.45) is 4.99 Å². The molecule has 0 saturated heterocycles. The number of nitrogens with two attached hydrogens (primary N) is 1. The van der Waals surface area contributed by atoms with E-state index >= 15 is 0 Å². The summed E-state index contributed by atoms with van der Waals surface area (Å²) in [5, 5.41) is 24.1. The number of carboxylic acids is 1. The molecule has 0 radical (unpaired) electrons. The molecule has 4 N–H and O–H groups in total. The number of aliphatic hydroxyl groups is 1. The Bertz CT molecular complexity index is 386. The maximum atomic E-state index is 9.49. The van der Waals surface area contributed by atoms with E-state index in [1.807, 2.05) is 0 Å². The Morgan fingerprint density at radius 1 is 1.00 bits per heavy atom. The number of hydrogen-bond donors (Lipinski definition) is 3. The number of quaternary nitrogens is 1. The average molecular weight is 400 g/mol. The zero-order valence-electron chi connectivity index (χ0n) is 18.6. The summed E-state index contributed by atoms with van der Waals surface area (Å²) in [6, 6.07) is 0. The largest absolute Gasteiger partial charge is 0.545 e. The molecule has 0 aliphatic heterocycles. The van der Waals surface area contributed by atoms with Gasteiger partial charge in [0.2, 0.25) is 0 Å². The van der Waals surface area contributed by atoms with E-state index in [2.05, 4.69) is 36.1 Å². The normalized spacial score (nSPS) is 10.9. The number of nitrogens with one attached hydrogen (secondary N) is 1. The summed E-state index contributed by atoms with van der Waals surface area (Å²) >= 11 is 0. The van der Waals surface area contributed by atoms with Gasteiger partial charge in [0, 0.05) is 19.7 Å². The summed E-state index contributed by atoms with van der Waals surface area (Å²) < 4.78 is 0. The van der Waals surface area contributed by atoms with Crippen LogP contribution in [0.2, 0.25) is 0 Å². The second-order valence-corrected chi connectivity index (χ2v) is 7.16. The number of aliphatic imine (C=N–C) groups is 1. The summed E-state index contributed by atoms with van der Waals surface area (Å²) in [6.45, 7) is 12.1. The van der Waals surface area contributed by atoms with Crippen LogP contribution >= 0.6 is 0 Å². The monoisotopic (exact) mass is 399 g/mol. The van der Waals surface area contributed by atoms with E-state index in [1.165, 1.54) is 71.1 Å². The zero-order valence-corrected chi connectivity index (χ0v) is 18.6. The first-order valence-corrected chi connectivity index (χ1v) is 11.1. The van der Waals surface area contributed by atoms with E-state index in [4.69, 9.17) is 5.11 Å². The van der Waals surface area contributed by atoms with Crippen LogP contribution in [0.25, 0.3) is 0 Å². The van der Waals surface area contributed by atoms with Gasteiger partial charge in [-0.1, -0.05) is 65.4 Å². The number of guanidine groups is 1. The highest BCUT2D eigenvalue weighted by Gasteiger charge is 2.02. The second-order valence-electron chi connectivity index (χ2n) is 7.16. The van der Waals surface area contributed by atoms with Crippen molar-refractivity contribution in [2.45, 2.75) is 91.4 Å². The predicted molar refractivity (Wildman–Crippen MR) is 116 cm³/mol. The van der Waals surface area contributed by atoms with Crippen LogP contribution in [0, 0.1) is 0 Å². The van der Waals surface area contributed by atoms with Crippen molar-refractivity contribution in [1.29, 1.82) is 0 Å². The number of carbonyl (C=O) groups excluding carboxylic acids is 1. The van der Waals surface area contributed by atoms with Gasteiger partial charge >= 0.3 is 0 Å². The zero-order chi connectivity index (χ0) is 21.5. The fourth-order valence-electron chi connectivity index (χ4n) is 2.39. The fraction of sp³-hybridized carbons (Fsp3) is 0.818. The maximum absolute atomic E-state index is 9.49. The fourth-order valence-corrected chi connectivity index (χ4v) is 2.39. The molecule has 0 unspecified atom stereocenters. The van der Waals surface area contributed by atoms with Crippen LogP contribution in [0.1, 0.15) is 91.4 Å². The highest BCUT2D eigenvalue weighted by molar-refractivity contribution is 5.82. The van der Waals surface area contributed by atoms with Crippen molar-refractivity contribution in [3.8, 4) is 0 Å². The molecule has 0 saturated carbocycles. The lowest BCUT2D eigenvalue weighted by Crippen LogP contribution is -2.91. The van der Waals surface area contributed by atoms with Gasteiger partial charge < -0.3 is 20.3 Å². The Labute approximate surface area is 172 Å². The van der Waals surface area contributed by atoms with Crippen LogP contribution in [0.5, 0.6) is 0 Å². The molecule has 166 valence electrons. The number of hydrogen-bond acceptors (Lipinski definition) is 4. The summed E-state index contributed by atoms with van der Waals surface area (Å²) in [7, 11) is 0. The van der Waals surface area contributed by atoms with E-state index in [0.717, 1.165) is 32.0 Å². The van der Waals surface area contributed by atoms with Crippen molar-refractivity contribution >= 4 is 11.9 Å². The van der Waals surface area contributed by atoms with E-state index in [0.29, 0.717) is 0 Å². The quantitative estimate of drug-likeness (QED) is 0.160. The third kappa shape index (κ3) is 24.6. The molecular weight excluding hydrogens is 354 g/mol. The first kappa shape index (κ1) is 28.8. The highest BCUT2D eigenvalue weighted by Crippen LogP contribution is 2.03. The number of carbonyl (C=O) groups is 1. The van der Waals surface area contributed by atoms with Gasteiger partial charge in [-0.25, -0.2) is 4.99 Å². The van der Waals surface area contributed by atoms with Gasteiger partial charge in [0.1, 0.15) is 0 Å². The topological polar surface area (TPSA) is 101 Å². The number of aliphatic carboxylic acids is 1. The SMILES string of the molecule is C=C(C)C(=O)[O-].CCCCCCCCNC(=NCCCO)[NH2+]CCCCCC. The molecular formula is C22H45N3O3. The molecule has 28 heavy (non-hydrogen) atoms. The number of carboxylic acid groups (broad SMARTS) is 1. The Kier molecular flexibility index (Phi) is 24.3. The summed E-state index contributed by atoms with van der Waals surface area (Å²) in [4.78, 5) is 14.1. The van der Waals surface area contributed by atoms with E-state index in [-0.39, 0.29) is 12.2 Å². The lowest BCUT2D eigenvalue weighted by molar-refractivity contribution is -0.544. The molecule has 6 heteroatoms. The van der Waals surface area contributed by atoms with Crippen LogP contribution in [0.15, 0.2) is 17.1 Å². The molecule has 0 aromatic carbocycles. The Morgan fingerprint density at radius 2 is 1.54 bits per heavy atom. The number of rotatable bonds is 16. The van der Waals surface area contributed by atoms with Crippen LogP contribution in [-0.2, 0) is 4.79 Å². The third-order valence-corrected chi connectivity index (χ3v) is 4.18. The molecule has 0 amide bonds. The van der Waals surface area contributed by atoms with Crippen molar-refractivity contribution < 1.29 is 20.3 Å². The lowest BCUT2D eigenvalue weighted by Gasteiger charge is -2.08. The van der Waals surface area contributed by atoms with Gasteiger partial charge in [0.25, 0.3) is 5.96 Å². The molecule has 0 atom stereocenters. The van der Waals surface area contributed by atoms with Gasteiger partial charge in [-0.2, -0.15) is 0 Å². The van der Waals surface area contributed by atoms with Crippen molar-refractivity contribution in [3.63, 3.8) is 0 Å². The number of nitrogens with zero attached hydrogens (tertiary/aromatic N) is 1. The van der Waals surface area contributed by atoms with Gasteiger partial charge in [-0.3, -0.25) is 5.32 Å². The van der Waals surface area contributed by atoms with Crippen molar-refractivity contribution in [1.82, 2.24) is 5.32 Å². The van der Waals surface area contributed by atoms with Crippen LogP contribution in [0.3, 0.4) is 0 Å². The van der Waals surface area contributed by atoms with Crippen LogP contribution in [0.4, 0.5) is 0 Å². The molecule has 0 bridgehead atoms. The third-order valence-electron chi connectivity index (χ3n) is 4.18. The van der Waals surface area contributed by atoms with Crippen molar-refractivity contribution in [3.05, 3.63) is 12.2 Å². The molecule has 0 aromatic rings. The van der Waals surface area contributed by atoms with Gasteiger partial charge in [0.05, 0.1) is 12.5 Å². The van der Waals surface area contributed by atoms with Crippen LogP contribution in [-0.4, -0.2) is 43.3 Å². The maximum Gasteiger partial charge on any atom is 0.294 e. The number of unbranched alkanes of at least 4 members (excludes halogenated alkanes) is 8. The first-order chi connectivity index (χ1) is 13.5. The predicted octanol–water partition coefficient (Wildman–Crippen LogP) is 2.13. The van der Waals surface area contributed by atoms with Gasteiger partial charge in [-0.15, -0.1) is 0 Å². The summed E-state index contributed by atoms with van der Waals surface area (Å²) in [5.41, 5.74) is 0.0648. The Balaban J connectivity index is 0. The molecule has 0 heterocycles. The highest BCUT2D eigenvalue weighted by atomic mass is 16.4. The van der Waals surface area contributed by atoms with Crippen molar-refractivity contribution in [2.75, 3.05) is 26.2 Å². The molecule has 0 aromatic heterocycles. The first-order valence-electron chi connectivity index (χ1n) is 11.1. The molecule has 6 nitrogen and oxygen atoms in total. The van der Waals surface area contributed by atoms with E-state index in [1.54, 1.807) is 0 Å². The summed E-state index contributed by atoms with van der Waals surface area (Å²) in [6.07, 6.45) is 13.9. The lowest BCUT2D eigenvalue weighted by atomic mass is 10.1. The molecule has 0 aliphatic rings. The van der Waals surface area contributed by atoms with Gasteiger partial charge in [-0.05, 0) is 38.2 Å². The smallest absolute Gasteiger partial charge is 0.294 e. The minimum Gasteiger partial charge on any atom is -0.545 e. The summed E-state index contributed by atoms with van der Waals surface area (Å²) in [5.74, 6) is -0.145. The molecule has 0 fully saturated rings. The van der Waals surface area contributed by atoms with Crippen LogP contribution < -0.4 is 15.7 Å². The standard InChI is InChI=1S/C18H39N3O.C4H6O2/c1-3-5-7-9-10-12-15-20-18(21-16-13-17-22)19-14-11-8-6-4-2;1-3(2)4(5)6/h22H,3-17H2,1-2H3,(H2,19,20,21);1H2,2H3,(H,5,6). The van der Waals surface area contributed by atoms with E-state index in [9.17, 15) is 9.90 Å². The molecule has 0 spiro atoms. The minimum atomic E-state index is -1.19. The molecule has 0 rings (SSSR count). The van der Waals surface area contributed by atoms with Gasteiger partial charge in [0.15, 0.2) is 0 Å². The Morgan fingerprint density at radius 3 is 2.07 bits per heavy atom. The second kappa shape index (κ2) is 23.6. The van der Waals surface area contributed by atoms with E-state index < -0.39 is 5.97 Å². The number of aliphatic hydroxyl groups excluding tert-OH is 1.